The first kappa shape index (κ1) is 10.0. The Hall–Kier alpha value is -0.990. The number of allylic oxidation sites excluding steroid dienone is 1. The molecule has 0 fully saturated rings. The number of rotatable bonds is 3. The third-order valence-corrected chi connectivity index (χ3v) is 0.796. The first-order valence-corrected chi connectivity index (χ1v) is 3.44. The lowest BCUT2D eigenvalue weighted by Crippen LogP contribution is -2.12. The second-order valence-corrected chi connectivity index (χ2v) is 2.20. The predicted molar refractivity (Wildman–Crippen MR) is 42.1 cm³/mol. The maximum absolute atomic E-state index is 10.6. The minimum absolute atomic E-state index is 0.133. The fourth-order valence-electron chi connectivity index (χ4n) is 0.411. The zero-order chi connectivity index (χ0) is 8.69. The van der Waals surface area contributed by atoms with E-state index >= 15 is 0 Å². The number of hydrogen-bond donors (Lipinski definition) is 0. The quantitative estimate of drug-likeness (QED) is 0.587. The van der Waals surface area contributed by atoms with E-state index in [1.807, 2.05) is 0 Å². The first-order valence-electron chi connectivity index (χ1n) is 3.44. The summed E-state index contributed by atoms with van der Waals surface area (Å²) < 4.78 is 9.29. The molecule has 1 radical (unpaired) electrons. The average Bonchev–Trinajstić information content (AvgIpc) is 1.86. The summed E-state index contributed by atoms with van der Waals surface area (Å²) in [4.78, 5) is 10.6. The molecular formula is C8H13O3. The smallest absolute Gasteiger partial charge is 0.432 e. The van der Waals surface area contributed by atoms with Crippen molar-refractivity contribution in [2.45, 2.75) is 20.0 Å². The minimum Gasteiger partial charge on any atom is -0.432 e. The molecule has 0 saturated heterocycles. The maximum atomic E-state index is 10.6. The zero-order valence-electron chi connectivity index (χ0n) is 6.87. The molecule has 0 heterocycles. The molecule has 0 spiro atoms. The van der Waals surface area contributed by atoms with Gasteiger partial charge in [0.25, 0.3) is 0 Å². The molecule has 0 atom stereocenters. The number of carbonyl (C=O) groups excluding carboxylic acids is 1. The van der Waals surface area contributed by atoms with Gasteiger partial charge in [-0.15, -0.1) is 0 Å². The lowest BCUT2D eigenvalue weighted by Gasteiger charge is -2.06. The summed E-state index contributed by atoms with van der Waals surface area (Å²) in [6.45, 7) is 7.17. The van der Waals surface area contributed by atoms with Crippen molar-refractivity contribution in [3.8, 4) is 0 Å². The molecule has 0 aliphatic rings. The lowest BCUT2D eigenvalue weighted by molar-refractivity contribution is 0.0414. The van der Waals surface area contributed by atoms with E-state index in [1.165, 1.54) is 0 Å². The van der Waals surface area contributed by atoms with Gasteiger partial charge >= 0.3 is 6.16 Å². The van der Waals surface area contributed by atoms with Gasteiger partial charge in [-0.1, -0.05) is 12.2 Å². The number of carbonyl (C=O) groups is 1. The Morgan fingerprint density at radius 1 is 1.64 bits per heavy atom. The van der Waals surface area contributed by atoms with Crippen LogP contribution < -0.4 is 0 Å². The Morgan fingerprint density at radius 3 is 2.73 bits per heavy atom. The second kappa shape index (κ2) is 5.77. The normalized spacial score (nSPS) is 10.5. The van der Waals surface area contributed by atoms with E-state index in [2.05, 4.69) is 16.4 Å². The Kier molecular flexibility index (Phi) is 5.25. The van der Waals surface area contributed by atoms with E-state index < -0.39 is 6.16 Å². The van der Waals surface area contributed by atoms with Gasteiger partial charge in [0.05, 0.1) is 6.10 Å². The van der Waals surface area contributed by atoms with Crippen LogP contribution in [-0.4, -0.2) is 18.9 Å². The SMILES string of the molecule is [CH2]C=CCOC(=O)OC(C)C. The fourth-order valence-corrected chi connectivity index (χ4v) is 0.411. The highest BCUT2D eigenvalue weighted by Crippen LogP contribution is 1.92. The van der Waals surface area contributed by atoms with Crippen LogP contribution in [0.4, 0.5) is 4.79 Å². The van der Waals surface area contributed by atoms with Crippen molar-refractivity contribution in [1.29, 1.82) is 0 Å². The van der Waals surface area contributed by atoms with E-state index in [-0.39, 0.29) is 12.7 Å². The molecule has 11 heavy (non-hydrogen) atoms. The third kappa shape index (κ3) is 6.90. The van der Waals surface area contributed by atoms with Crippen LogP contribution in [-0.2, 0) is 9.47 Å². The van der Waals surface area contributed by atoms with Gasteiger partial charge < -0.3 is 9.47 Å². The molecule has 0 unspecified atom stereocenters. The summed E-state index contributed by atoms with van der Waals surface area (Å²) in [5.74, 6) is 0. The van der Waals surface area contributed by atoms with Crippen molar-refractivity contribution >= 4 is 6.16 Å². The van der Waals surface area contributed by atoms with Gasteiger partial charge in [0.1, 0.15) is 6.61 Å². The standard InChI is InChI=1S/C8H13O3/c1-4-5-6-10-8(9)11-7(2)3/h4-5,7H,1,6H2,2-3H3. The van der Waals surface area contributed by atoms with Gasteiger partial charge in [-0.3, -0.25) is 0 Å². The van der Waals surface area contributed by atoms with Crippen LogP contribution in [0.15, 0.2) is 12.2 Å². The molecule has 3 nitrogen and oxygen atoms in total. The number of hydrogen-bond acceptors (Lipinski definition) is 3. The van der Waals surface area contributed by atoms with E-state index in [0.717, 1.165) is 0 Å². The van der Waals surface area contributed by atoms with Crippen LogP contribution in [0.2, 0.25) is 0 Å². The Bertz CT molecular complexity index is 138. The number of ether oxygens (including phenoxy) is 2. The summed E-state index contributed by atoms with van der Waals surface area (Å²) in [5.41, 5.74) is 0. The maximum Gasteiger partial charge on any atom is 0.508 e. The van der Waals surface area contributed by atoms with Crippen LogP contribution in [0, 0.1) is 6.92 Å². The van der Waals surface area contributed by atoms with E-state index in [1.54, 1.807) is 26.0 Å². The van der Waals surface area contributed by atoms with Gasteiger partial charge in [-0.2, -0.15) is 0 Å². The topological polar surface area (TPSA) is 35.5 Å². The van der Waals surface area contributed by atoms with Crippen molar-refractivity contribution in [1.82, 2.24) is 0 Å². The van der Waals surface area contributed by atoms with E-state index in [4.69, 9.17) is 0 Å². The molecule has 0 bridgehead atoms. The second-order valence-electron chi connectivity index (χ2n) is 2.20. The first-order chi connectivity index (χ1) is 5.16. The zero-order valence-corrected chi connectivity index (χ0v) is 6.87. The van der Waals surface area contributed by atoms with Crippen molar-refractivity contribution < 1.29 is 14.3 Å². The molecule has 0 aromatic heterocycles. The Balaban J connectivity index is 3.37. The Morgan fingerprint density at radius 2 is 2.27 bits per heavy atom. The molecule has 63 valence electrons. The van der Waals surface area contributed by atoms with E-state index in [9.17, 15) is 4.79 Å². The van der Waals surface area contributed by atoms with Gasteiger partial charge in [0.2, 0.25) is 0 Å². The van der Waals surface area contributed by atoms with Crippen LogP contribution in [0.1, 0.15) is 13.8 Å². The predicted octanol–water partition coefficient (Wildman–Crippen LogP) is 1.94. The van der Waals surface area contributed by atoms with Crippen LogP contribution >= 0.6 is 0 Å². The molecule has 0 saturated carbocycles. The third-order valence-electron chi connectivity index (χ3n) is 0.796. The van der Waals surface area contributed by atoms with Gasteiger partial charge in [0.15, 0.2) is 0 Å². The summed E-state index contributed by atoms with van der Waals surface area (Å²) in [6.07, 6.45) is 2.41. The molecule has 0 amide bonds. The summed E-state index contributed by atoms with van der Waals surface area (Å²) in [5, 5.41) is 0. The highest BCUT2D eigenvalue weighted by atomic mass is 16.7. The van der Waals surface area contributed by atoms with Crippen LogP contribution in [0.5, 0.6) is 0 Å². The van der Waals surface area contributed by atoms with Crippen molar-refractivity contribution in [3.63, 3.8) is 0 Å². The lowest BCUT2D eigenvalue weighted by atomic mass is 10.5. The van der Waals surface area contributed by atoms with Crippen LogP contribution in [0.3, 0.4) is 0 Å². The monoisotopic (exact) mass is 157 g/mol. The minimum atomic E-state index is -0.641. The molecule has 0 aromatic rings. The molecule has 3 heteroatoms. The largest absolute Gasteiger partial charge is 0.508 e. The molecule has 0 aliphatic carbocycles. The summed E-state index contributed by atoms with van der Waals surface area (Å²) in [6, 6.07) is 0. The van der Waals surface area contributed by atoms with Gasteiger partial charge in [0, 0.05) is 0 Å². The van der Waals surface area contributed by atoms with Crippen molar-refractivity contribution in [2.24, 2.45) is 0 Å². The van der Waals surface area contributed by atoms with Crippen molar-refractivity contribution in [2.75, 3.05) is 6.61 Å². The molecule has 0 aromatic carbocycles. The molecule has 0 aliphatic heterocycles. The Labute approximate surface area is 67.0 Å². The molecule has 0 N–H and O–H groups in total. The average molecular weight is 157 g/mol. The highest BCUT2D eigenvalue weighted by molar-refractivity contribution is 5.60. The highest BCUT2D eigenvalue weighted by Gasteiger charge is 2.03. The molecular weight excluding hydrogens is 144 g/mol. The summed E-state index contributed by atoms with van der Waals surface area (Å²) in [7, 11) is 0. The fraction of sp³-hybridized carbons (Fsp3) is 0.500. The van der Waals surface area contributed by atoms with Gasteiger partial charge in [-0.05, 0) is 20.8 Å². The van der Waals surface area contributed by atoms with Crippen molar-refractivity contribution in [3.05, 3.63) is 19.1 Å². The summed E-state index contributed by atoms with van der Waals surface area (Å²) >= 11 is 0. The van der Waals surface area contributed by atoms with Gasteiger partial charge in [-0.25, -0.2) is 4.79 Å². The van der Waals surface area contributed by atoms with Crippen LogP contribution in [0.25, 0.3) is 0 Å². The van der Waals surface area contributed by atoms with E-state index in [0.29, 0.717) is 0 Å². The molecule has 0 rings (SSSR count).